The number of carbonyl (C=O) groups is 1. The van der Waals surface area contributed by atoms with E-state index in [-0.39, 0.29) is 23.9 Å². The molecular weight excluding hydrogens is 256 g/mol. The summed E-state index contributed by atoms with van der Waals surface area (Å²) in [5.41, 5.74) is 5.66. The van der Waals surface area contributed by atoms with E-state index < -0.39 is 0 Å². The molecule has 0 aromatic carbocycles. The minimum Gasteiger partial charge on any atom is -0.349 e. The summed E-state index contributed by atoms with van der Waals surface area (Å²) in [4.78, 5) is 13.0. The highest BCUT2D eigenvalue weighted by molar-refractivity contribution is 7.10. The molecule has 1 fully saturated rings. The third kappa shape index (κ3) is 3.69. The van der Waals surface area contributed by atoms with Crippen LogP contribution < -0.4 is 11.1 Å². The van der Waals surface area contributed by atoms with Gasteiger partial charge >= 0.3 is 0 Å². The predicted molar refractivity (Wildman–Crippen MR) is 73.7 cm³/mol. The van der Waals surface area contributed by atoms with Crippen LogP contribution in [0, 0.1) is 0 Å². The van der Waals surface area contributed by atoms with Gasteiger partial charge < -0.3 is 11.1 Å². The Morgan fingerprint density at radius 3 is 2.71 bits per heavy atom. The molecule has 0 spiro atoms. The maximum Gasteiger partial charge on any atom is 0.225 e. The third-order valence-corrected chi connectivity index (χ3v) is 4.15. The van der Waals surface area contributed by atoms with Crippen LogP contribution in [0.1, 0.15) is 30.6 Å². The molecule has 3 nitrogen and oxygen atoms in total. The zero-order valence-corrected chi connectivity index (χ0v) is 11.4. The van der Waals surface area contributed by atoms with E-state index in [4.69, 9.17) is 5.73 Å². The Morgan fingerprint density at radius 1 is 1.47 bits per heavy atom. The van der Waals surface area contributed by atoms with Gasteiger partial charge in [0, 0.05) is 11.4 Å². The normalized spacial score (nSPS) is 17.5. The summed E-state index contributed by atoms with van der Waals surface area (Å²) in [7, 11) is 0. The first-order valence-corrected chi connectivity index (χ1v) is 6.65. The molecule has 1 aliphatic rings. The van der Waals surface area contributed by atoms with Crippen molar-refractivity contribution in [2.24, 2.45) is 5.73 Å². The van der Waals surface area contributed by atoms with Crippen LogP contribution >= 0.6 is 23.7 Å². The van der Waals surface area contributed by atoms with Crippen LogP contribution in [0.5, 0.6) is 0 Å². The number of rotatable bonds is 4. The number of nitrogens with two attached hydrogens (primary N) is 1. The fourth-order valence-corrected chi connectivity index (χ4v) is 3.05. The largest absolute Gasteiger partial charge is 0.349 e. The van der Waals surface area contributed by atoms with Crippen molar-refractivity contribution in [3.63, 3.8) is 0 Å². The van der Waals surface area contributed by atoms with Crippen LogP contribution in [-0.4, -0.2) is 18.0 Å². The summed E-state index contributed by atoms with van der Waals surface area (Å²) in [6.45, 7) is 0.559. The minimum atomic E-state index is -0.117. The van der Waals surface area contributed by atoms with Crippen molar-refractivity contribution in [1.29, 1.82) is 0 Å². The number of halogens is 1. The number of nitrogens with one attached hydrogen (secondary N) is 1. The molecule has 1 heterocycles. The van der Waals surface area contributed by atoms with E-state index in [2.05, 4.69) is 5.32 Å². The quantitative estimate of drug-likeness (QED) is 0.883. The van der Waals surface area contributed by atoms with Crippen LogP contribution in [0.4, 0.5) is 0 Å². The molecule has 1 saturated carbocycles. The van der Waals surface area contributed by atoms with E-state index in [1.807, 2.05) is 17.5 Å². The van der Waals surface area contributed by atoms with Gasteiger partial charge in [-0.25, -0.2) is 0 Å². The Hall–Kier alpha value is -0.580. The van der Waals surface area contributed by atoms with E-state index in [0.717, 1.165) is 17.7 Å². The second kappa shape index (κ2) is 6.38. The zero-order valence-electron chi connectivity index (χ0n) is 9.78. The maximum absolute atomic E-state index is 11.9. The maximum atomic E-state index is 11.9. The van der Waals surface area contributed by atoms with Gasteiger partial charge in [0.05, 0.1) is 12.0 Å². The molecule has 0 radical (unpaired) electrons. The second-order valence-corrected chi connectivity index (χ2v) is 5.53. The molecular formula is C12H19ClN2OS. The number of amides is 1. The van der Waals surface area contributed by atoms with Crippen LogP contribution in [0.2, 0.25) is 0 Å². The van der Waals surface area contributed by atoms with Crippen molar-refractivity contribution in [2.75, 3.05) is 6.54 Å². The lowest BCUT2D eigenvalue weighted by Gasteiger charge is -2.28. The lowest BCUT2D eigenvalue weighted by Crippen LogP contribution is -2.52. The first-order valence-electron chi connectivity index (χ1n) is 5.78. The average molecular weight is 275 g/mol. The number of thiophene rings is 1. The summed E-state index contributed by atoms with van der Waals surface area (Å²) in [5, 5.41) is 5.12. The van der Waals surface area contributed by atoms with Gasteiger partial charge in [-0.2, -0.15) is 0 Å². The van der Waals surface area contributed by atoms with E-state index in [1.165, 1.54) is 12.8 Å². The van der Waals surface area contributed by atoms with E-state index in [9.17, 15) is 4.79 Å². The fourth-order valence-electron chi connectivity index (χ4n) is 2.34. The SMILES string of the molecule is Cl.NCC1(NC(=O)Cc2cccs2)CCCC1. The van der Waals surface area contributed by atoms with Crippen LogP contribution in [0.15, 0.2) is 17.5 Å². The first-order chi connectivity index (χ1) is 7.74. The molecule has 1 aromatic heterocycles. The highest BCUT2D eigenvalue weighted by Gasteiger charge is 2.33. The van der Waals surface area contributed by atoms with Crippen LogP contribution in [0.25, 0.3) is 0 Å². The minimum absolute atomic E-state index is 0. The molecule has 1 aromatic rings. The molecule has 96 valence electrons. The van der Waals surface area contributed by atoms with Crippen LogP contribution in [0.3, 0.4) is 0 Å². The Kier molecular flexibility index (Phi) is 5.43. The lowest BCUT2D eigenvalue weighted by molar-refractivity contribution is -0.122. The molecule has 17 heavy (non-hydrogen) atoms. The molecule has 3 N–H and O–H groups in total. The summed E-state index contributed by atoms with van der Waals surface area (Å²) in [6, 6.07) is 3.97. The van der Waals surface area contributed by atoms with Gasteiger partial charge in [0.15, 0.2) is 0 Å². The Labute approximate surface area is 112 Å². The smallest absolute Gasteiger partial charge is 0.225 e. The van der Waals surface area contributed by atoms with Gasteiger partial charge in [0.1, 0.15) is 0 Å². The Morgan fingerprint density at radius 2 is 2.18 bits per heavy atom. The highest BCUT2D eigenvalue weighted by Crippen LogP contribution is 2.28. The summed E-state index contributed by atoms with van der Waals surface area (Å²) < 4.78 is 0. The molecule has 0 aliphatic heterocycles. The molecule has 5 heteroatoms. The predicted octanol–water partition coefficient (Wildman–Crippen LogP) is 2.10. The van der Waals surface area contributed by atoms with E-state index >= 15 is 0 Å². The molecule has 0 unspecified atom stereocenters. The van der Waals surface area contributed by atoms with Gasteiger partial charge in [-0.15, -0.1) is 23.7 Å². The van der Waals surface area contributed by atoms with Crippen molar-refractivity contribution < 1.29 is 4.79 Å². The fraction of sp³-hybridized carbons (Fsp3) is 0.583. The molecule has 1 aliphatic carbocycles. The topological polar surface area (TPSA) is 55.1 Å². The average Bonchev–Trinajstić information content (AvgIpc) is 2.90. The van der Waals surface area contributed by atoms with Crippen LogP contribution in [-0.2, 0) is 11.2 Å². The van der Waals surface area contributed by atoms with Gasteiger partial charge in [-0.1, -0.05) is 18.9 Å². The summed E-state index contributed by atoms with van der Waals surface area (Å²) in [6.07, 6.45) is 4.89. The van der Waals surface area contributed by atoms with Gasteiger partial charge in [-0.05, 0) is 24.3 Å². The zero-order chi connectivity index (χ0) is 11.4. The van der Waals surface area contributed by atoms with Crippen molar-refractivity contribution in [1.82, 2.24) is 5.32 Å². The third-order valence-electron chi connectivity index (χ3n) is 3.27. The number of hydrogen-bond donors (Lipinski definition) is 2. The number of carbonyl (C=O) groups excluding carboxylic acids is 1. The monoisotopic (exact) mass is 274 g/mol. The molecule has 2 rings (SSSR count). The van der Waals surface area contributed by atoms with Gasteiger partial charge in [0.2, 0.25) is 5.91 Å². The molecule has 0 saturated heterocycles. The van der Waals surface area contributed by atoms with Crippen molar-refractivity contribution >= 4 is 29.7 Å². The first kappa shape index (κ1) is 14.5. The highest BCUT2D eigenvalue weighted by atomic mass is 35.5. The standard InChI is InChI=1S/C12H18N2OS.ClH/c13-9-12(5-1-2-6-12)14-11(15)8-10-4-3-7-16-10;/h3-4,7H,1-2,5-6,8-9,13H2,(H,14,15);1H. The summed E-state index contributed by atoms with van der Waals surface area (Å²) in [5.74, 6) is 0.106. The summed E-state index contributed by atoms with van der Waals surface area (Å²) >= 11 is 1.62. The van der Waals surface area contributed by atoms with Crippen molar-refractivity contribution in [3.8, 4) is 0 Å². The van der Waals surface area contributed by atoms with Crippen molar-refractivity contribution in [2.45, 2.75) is 37.6 Å². The molecule has 1 amide bonds. The second-order valence-electron chi connectivity index (χ2n) is 4.50. The lowest BCUT2D eigenvalue weighted by atomic mass is 9.97. The molecule has 0 bridgehead atoms. The Balaban J connectivity index is 0.00000144. The molecule has 0 atom stereocenters. The van der Waals surface area contributed by atoms with Crippen molar-refractivity contribution in [3.05, 3.63) is 22.4 Å². The van der Waals surface area contributed by atoms with Gasteiger partial charge in [0.25, 0.3) is 0 Å². The van der Waals surface area contributed by atoms with Gasteiger partial charge in [-0.3, -0.25) is 4.79 Å². The van der Waals surface area contributed by atoms with E-state index in [0.29, 0.717) is 13.0 Å². The number of hydrogen-bond acceptors (Lipinski definition) is 3. The Bertz CT molecular complexity index is 347. The van der Waals surface area contributed by atoms with E-state index in [1.54, 1.807) is 11.3 Å².